The highest BCUT2D eigenvalue weighted by Crippen LogP contribution is 2.32. The molecule has 1 aliphatic carbocycles. The number of amides is 1. The first-order valence-corrected chi connectivity index (χ1v) is 14.4. The van der Waals surface area contributed by atoms with E-state index >= 15 is 0 Å². The number of rotatable bonds is 12. The van der Waals surface area contributed by atoms with Gasteiger partial charge in [0, 0.05) is 52.4 Å². The maximum absolute atomic E-state index is 14.1. The lowest BCUT2D eigenvalue weighted by atomic mass is 9.86. The fourth-order valence-corrected chi connectivity index (χ4v) is 5.50. The third kappa shape index (κ3) is 6.96. The van der Waals surface area contributed by atoms with Crippen molar-refractivity contribution in [3.8, 4) is 11.7 Å². The number of halogens is 2. The predicted octanol–water partition coefficient (Wildman–Crippen LogP) is 3.65. The number of ether oxygens (including phenoxy) is 4. The molecule has 2 fully saturated rings. The van der Waals surface area contributed by atoms with E-state index in [0.29, 0.717) is 101 Å². The summed E-state index contributed by atoms with van der Waals surface area (Å²) in [5.74, 6) is 0.568. The van der Waals surface area contributed by atoms with E-state index in [4.69, 9.17) is 18.9 Å². The van der Waals surface area contributed by atoms with E-state index < -0.39 is 6.43 Å². The maximum Gasteiger partial charge on any atom is 0.296 e. The highest BCUT2D eigenvalue weighted by atomic mass is 19.3. The van der Waals surface area contributed by atoms with Gasteiger partial charge in [-0.3, -0.25) is 9.36 Å². The number of para-hydroxylation sites is 2. The molecule has 11 nitrogen and oxygen atoms in total. The molecule has 13 heteroatoms. The van der Waals surface area contributed by atoms with Gasteiger partial charge in [0.05, 0.1) is 37.5 Å². The van der Waals surface area contributed by atoms with Crippen LogP contribution in [0.15, 0.2) is 30.3 Å². The van der Waals surface area contributed by atoms with Crippen molar-refractivity contribution in [2.24, 2.45) is 5.92 Å². The number of hydrogen-bond donors (Lipinski definition) is 0. The Labute approximate surface area is 243 Å². The lowest BCUT2D eigenvalue weighted by Crippen LogP contribution is -2.42. The van der Waals surface area contributed by atoms with Crippen molar-refractivity contribution in [3.63, 3.8) is 0 Å². The van der Waals surface area contributed by atoms with Gasteiger partial charge in [0.25, 0.3) is 6.43 Å². The number of anilines is 1. The number of hydrogen-bond acceptors (Lipinski definition) is 9. The zero-order valence-corrected chi connectivity index (χ0v) is 24.1. The fraction of sp³-hybridized carbons (Fsp3) is 0.586. The highest BCUT2D eigenvalue weighted by molar-refractivity contribution is 5.79. The highest BCUT2D eigenvalue weighted by Gasteiger charge is 2.31. The van der Waals surface area contributed by atoms with E-state index in [2.05, 4.69) is 15.0 Å². The summed E-state index contributed by atoms with van der Waals surface area (Å²) in [7, 11) is 3.24. The number of aromatic nitrogens is 4. The second kappa shape index (κ2) is 14.2. The summed E-state index contributed by atoms with van der Waals surface area (Å²) in [6, 6.07) is 8.58. The summed E-state index contributed by atoms with van der Waals surface area (Å²) >= 11 is 0. The largest absolute Gasteiger partial charge is 0.474 e. The van der Waals surface area contributed by atoms with Crippen LogP contribution in [0.25, 0.3) is 16.9 Å². The number of benzene rings is 1. The van der Waals surface area contributed by atoms with E-state index in [1.165, 1.54) is 4.57 Å². The molecule has 3 aromatic rings. The summed E-state index contributed by atoms with van der Waals surface area (Å²) in [5.41, 5.74) is 0.978. The Balaban J connectivity index is 1.37. The van der Waals surface area contributed by atoms with Crippen molar-refractivity contribution in [1.29, 1.82) is 0 Å². The molecule has 0 N–H and O–H groups in total. The molecule has 0 radical (unpaired) electrons. The van der Waals surface area contributed by atoms with Gasteiger partial charge in [-0.05, 0) is 37.8 Å². The van der Waals surface area contributed by atoms with Crippen molar-refractivity contribution >= 4 is 22.9 Å². The van der Waals surface area contributed by atoms with E-state index in [-0.39, 0.29) is 29.6 Å². The summed E-state index contributed by atoms with van der Waals surface area (Å²) in [6.45, 7) is 4.16. The number of imidazole rings is 1. The zero-order valence-electron chi connectivity index (χ0n) is 24.1. The first-order chi connectivity index (χ1) is 20.5. The van der Waals surface area contributed by atoms with Crippen LogP contribution in [0.2, 0.25) is 0 Å². The van der Waals surface area contributed by atoms with Crippen LogP contribution in [0.3, 0.4) is 0 Å². The molecule has 1 saturated carbocycles. The van der Waals surface area contributed by atoms with Crippen LogP contribution in [0.1, 0.15) is 37.9 Å². The third-order valence-electron chi connectivity index (χ3n) is 7.74. The molecule has 0 bridgehead atoms. The zero-order chi connectivity index (χ0) is 29.5. The van der Waals surface area contributed by atoms with Crippen LogP contribution >= 0.6 is 0 Å². The lowest BCUT2D eigenvalue weighted by Gasteiger charge is -2.32. The van der Waals surface area contributed by atoms with Crippen molar-refractivity contribution in [2.45, 2.75) is 38.2 Å². The molecule has 3 heterocycles. The van der Waals surface area contributed by atoms with Gasteiger partial charge in [-0.25, -0.2) is 13.8 Å². The molecule has 42 heavy (non-hydrogen) atoms. The minimum absolute atomic E-state index is 0.102. The Morgan fingerprint density at radius 2 is 1.71 bits per heavy atom. The number of methoxy groups -OCH3 is 2. The maximum atomic E-state index is 14.1. The quantitative estimate of drug-likeness (QED) is 0.314. The van der Waals surface area contributed by atoms with Gasteiger partial charge >= 0.3 is 0 Å². The van der Waals surface area contributed by atoms with Crippen molar-refractivity contribution < 1.29 is 32.5 Å². The number of alkyl halides is 2. The number of fused-ring (bicyclic) bond motifs is 1. The molecule has 0 atom stereocenters. The molecule has 1 amide bonds. The van der Waals surface area contributed by atoms with Gasteiger partial charge in [0.1, 0.15) is 11.9 Å². The Hall–Kier alpha value is -3.42. The average Bonchev–Trinajstić information content (AvgIpc) is 3.42. The predicted molar refractivity (Wildman–Crippen MR) is 151 cm³/mol. The minimum Gasteiger partial charge on any atom is -0.474 e. The number of morpholine rings is 1. The van der Waals surface area contributed by atoms with E-state index in [1.807, 2.05) is 4.90 Å². The number of carbonyl (C=O) groups is 1. The summed E-state index contributed by atoms with van der Waals surface area (Å²) < 4.78 is 51.9. The minimum atomic E-state index is -2.80. The van der Waals surface area contributed by atoms with Gasteiger partial charge in [-0.15, -0.1) is 0 Å². The van der Waals surface area contributed by atoms with Gasteiger partial charge in [0.15, 0.2) is 5.82 Å². The lowest BCUT2D eigenvalue weighted by molar-refractivity contribution is -0.138. The van der Waals surface area contributed by atoms with Gasteiger partial charge < -0.3 is 28.7 Å². The smallest absolute Gasteiger partial charge is 0.296 e. The van der Waals surface area contributed by atoms with Crippen LogP contribution < -0.4 is 9.64 Å². The Morgan fingerprint density at radius 3 is 2.38 bits per heavy atom. The first-order valence-electron chi connectivity index (χ1n) is 14.4. The van der Waals surface area contributed by atoms with Crippen molar-refractivity contribution in [2.75, 3.05) is 71.7 Å². The molecule has 1 saturated heterocycles. The Bertz CT molecular complexity index is 1320. The van der Waals surface area contributed by atoms with Crippen LogP contribution in [-0.4, -0.2) is 103 Å². The van der Waals surface area contributed by atoms with Crippen LogP contribution in [-0.2, 0) is 19.0 Å². The van der Waals surface area contributed by atoms with E-state index in [1.54, 1.807) is 49.5 Å². The standard InChI is InChI=1S/C29H38F2N6O5/c1-39-15-11-35(12-16-40-2)28(38)20-7-9-21(10-8-20)42-25-19-24(33-29(34-25)36-13-17-41-18-14-36)37-23-6-4-3-5-22(23)32-27(37)26(30)31/h3-6,19-21,26H,7-18H2,1-2H3. The SMILES string of the molecule is COCCN(CCOC)C(=O)C1CCC(Oc2cc(-n3c(C(F)F)nc4ccccc43)nc(N3CCOCC3)n2)CC1. The fourth-order valence-electron chi connectivity index (χ4n) is 5.50. The van der Waals surface area contributed by atoms with Crippen LogP contribution in [0.5, 0.6) is 5.88 Å². The molecule has 0 unspecified atom stereocenters. The molecule has 0 spiro atoms. The van der Waals surface area contributed by atoms with Crippen molar-refractivity contribution in [3.05, 3.63) is 36.2 Å². The monoisotopic (exact) mass is 588 g/mol. The average molecular weight is 589 g/mol. The number of carbonyl (C=O) groups excluding carboxylic acids is 1. The van der Waals surface area contributed by atoms with Crippen molar-refractivity contribution in [1.82, 2.24) is 24.4 Å². The summed E-state index contributed by atoms with van der Waals surface area (Å²) in [5, 5.41) is 0. The van der Waals surface area contributed by atoms with Crippen LogP contribution in [0.4, 0.5) is 14.7 Å². The first kappa shape index (κ1) is 30.1. The van der Waals surface area contributed by atoms with Gasteiger partial charge in [0.2, 0.25) is 17.7 Å². The Morgan fingerprint density at radius 1 is 1.02 bits per heavy atom. The number of nitrogens with zero attached hydrogens (tertiary/aromatic N) is 6. The molecule has 5 rings (SSSR count). The normalized spacial score (nSPS) is 19.4. The van der Waals surface area contributed by atoms with Gasteiger partial charge in [-0.2, -0.15) is 9.97 Å². The molecule has 2 aromatic heterocycles. The molecule has 228 valence electrons. The Kier molecular flexibility index (Phi) is 10.1. The molecular formula is C29H38F2N6O5. The van der Waals surface area contributed by atoms with E-state index in [0.717, 1.165) is 0 Å². The van der Waals surface area contributed by atoms with E-state index in [9.17, 15) is 13.6 Å². The van der Waals surface area contributed by atoms with Crippen LogP contribution in [0, 0.1) is 5.92 Å². The topological polar surface area (TPSA) is 104 Å². The third-order valence-corrected chi connectivity index (χ3v) is 7.74. The molecule has 1 aromatic carbocycles. The van der Waals surface area contributed by atoms with Gasteiger partial charge in [-0.1, -0.05) is 12.1 Å². The summed E-state index contributed by atoms with van der Waals surface area (Å²) in [6.07, 6.45) is -0.285. The molecule has 2 aliphatic rings. The molecule has 1 aliphatic heterocycles. The summed E-state index contributed by atoms with van der Waals surface area (Å²) in [4.78, 5) is 30.5. The second-order valence-electron chi connectivity index (χ2n) is 10.5. The second-order valence-corrected chi connectivity index (χ2v) is 10.5. The molecular weight excluding hydrogens is 550 g/mol.